The van der Waals surface area contributed by atoms with Crippen molar-refractivity contribution in [1.29, 1.82) is 0 Å². The molecule has 1 aromatic carbocycles. The third-order valence-electron chi connectivity index (χ3n) is 2.86. The van der Waals surface area contributed by atoms with E-state index in [1.54, 1.807) is 24.3 Å². The monoisotopic (exact) mass is 300 g/mol. The van der Waals surface area contributed by atoms with Gasteiger partial charge in [0.2, 0.25) is 0 Å². The maximum absolute atomic E-state index is 12.0. The van der Waals surface area contributed by atoms with Crippen LogP contribution in [0.3, 0.4) is 0 Å². The topological polar surface area (TPSA) is 52.6 Å². The SMILES string of the molecule is CCCCOCC(C)COS(=O)(=O)c1ccc(C)cc1. The fraction of sp³-hybridized carbons (Fsp3) is 0.600. The van der Waals surface area contributed by atoms with E-state index >= 15 is 0 Å². The molecule has 1 atom stereocenters. The Kier molecular flexibility index (Phi) is 7.19. The summed E-state index contributed by atoms with van der Waals surface area (Å²) in [5.41, 5.74) is 1.02. The lowest BCUT2D eigenvalue weighted by Crippen LogP contribution is -2.17. The number of ether oxygens (including phenoxy) is 1. The second kappa shape index (κ2) is 8.39. The highest BCUT2D eigenvalue weighted by Crippen LogP contribution is 2.14. The van der Waals surface area contributed by atoms with Crippen LogP contribution in [0.15, 0.2) is 29.2 Å². The number of rotatable bonds is 9. The molecule has 0 aliphatic rings. The molecule has 0 radical (unpaired) electrons. The van der Waals surface area contributed by atoms with Crippen LogP contribution >= 0.6 is 0 Å². The molecule has 0 amide bonds. The molecule has 0 aliphatic carbocycles. The molecule has 1 rings (SSSR count). The molecule has 114 valence electrons. The molecule has 4 nitrogen and oxygen atoms in total. The smallest absolute Gasteiger partial charge is 0.296 e. The molecule has 0 fully saturated rings. The van der Waals surface area contributed by atoms with Crippen molar-refractivity contribution in [2.45, 2.75) is 38.5 Å². The maximum atomic E-state index is 12.0. The minimum atomic E-state index is -3.66. The van der Waals surface area contributed by atoms with Crippen LogP contribution in [-0.2, 0) is 19.0 Å². The first-order chi connectivity index (χ1) is 9.45. The number of benzene rings is 1. The number of unbranched alkanes of at least 4 members (excludes halogenated alkanes) is 1. The van der Waals surface area contributed by atoms with Crippen LogP contribution in [0.1, 0.15) is 32.3 Å². The predicted octanol–water partition coefficient (Wildman–Crippen LogP) is 3.15. The summed E-state index contributed by atoms with van der Waals surface area (Å²) in [4.78, 5) is 0.196. The van der Waals surface area contributed by atoms with Crippen molar-refractivity contribution >= 4 is 10.1 Å². The van der Waals surface area contributed by atoms with Crippen LogP contribution in [0.2, 0.25) is 0 Å². The molecular weight excluding hydrogens is 276 g/mol. The lowest BCUT2D eigenvalue weighted by atomic mass is 10.2. The average molecular weight is 300 g/mol. The van der Waals surface area contributed by atoms with Crippen molar-refractivity contribution in [3.8, 4) is 0 Å². The maximum Gasteiger partial charge on any atom is 0.296 e. The normalized spacial score (nSPS) is 13.3. The summed E-state index contributed by atoms with van der Waals surface area (Å²) in [5.74, 6) is 0.0482. The van der Waals surface area contributed by atoms with Crippen molar-refractivity contribution in [1.82, 2.24) is 0 Å². The summed E-state index contributed by atoms with van der Waals surface area (Å²) in [6.07, 6.45) is 2.11. The molecule has 0 N–H and O–H groups in total. The van der Waals surface area contributed by atoms with Gasteiger partial charge in [0.1, 0.15) is 0 Å². The molecule has 1 unspecified atom stereocenters. The molecule has 0 spiro atoms. The Labute approximate surface area is 122 Å². The molecule has 5 heteroatoms. The zero-order chi connectivity index (χ0) is 15.0. The molecule has 0 bridgehead atoms. The van der Waals surface area contributed by atoms with E-state index in [0.717, 1.165) is 18.4 Å². The Morgan fingerprint density at radius 2 is 1.80 bits per heavy atom. The molecule has 0 heterocycles. The van der Waals surface area contributed by atoms with Gasteiger partial charge in [-0.1, -0.05) is 38.0 Å². The Balaban J connectivity index is 2.41. The number of hydrogen-bond acceptors (Lipinski definition) is 4. The Morgan fingerprint density at radius 1 is 1.15 bits per heavy atom. The molecule has 0 saturated carbocycles. The van der Waals surface area contributed by atoms with Gasteiger partial charge in [-0.25, -0.2) is 0 Å². The van der Waals surface area contributed by atoms with Crippen molar-refractivity contribution < 1.29 is 17.3 Å². The van der Waals surface area contributed by atoms with E-state index in [0.29, 0.717) is 13.2 Å². The average Bonchev–Trinajstić information content (AvgIpc) is 2.42. The van der Waals surface area contributed by atoms with Crippen LogP contribution in [0.5, 0.6) is 0 Å². The fourth-order valence-corrected chi connectivity index (χ4v) is 2.57. The highest BCUT2D eigenvalue weighted by molar-refractivity contribution is 7.86. The third-order valence-corrected chi connectivity index (χ3v) is 4.16. The standard InChI is InChI=1S/C15H24O4S/c1-4-5-10-18-11-14(3)12-19-20(16,17)15-8-6-13(2)7-9-15/h6-9,14H,4-5,10-12H2,1-3H3. The van der Waals surface area contributed by atoms with Gasteiger partial charge in [0, 0.05) is 12.5 Å². The van der Waals surface area contributed by atoms with Crippen molar-refractivity contribution in [2.24, 2.45) is 5.92 Å². The second-order valence-electron chi connectivity index (χ2n) is 5.09. The minimum absolute atomic E-state index is 0.0482. The van der Waals surface area contributed by atoms with Crippen molar-refractivity contribution in [3.05, 3.63) is 29.8 Å². The van der Waals surface area contributed by atoms with Gasteiger partial charge in [-0.05, 0) is 25.5 Å². The van der Waals surface area contributed by atoms with E-state index < -0.39 is 10.1 Å². The highest BCUT2D eigenvalue weighted by Gasteiger charge is 2.16. The van der Waals surface area contributed by atoms with Gasteiger partial charge in [-0.15, -0.1) is 0 Å². The molecule has 0 aromatic heterocycles. The van der Waals surface area contributed by atoms with Crippen LogP contribution in [0.4, 0.5) is 0 Å². The molecule has 1 aromatic rings. The zero-order valence-corrected chi connectivity index (χ0v) is 13.3. The first-order valence-corrected chi connectivity index (χ1v) is 8.40. The summed E-state index contributed by atoms with van der Waals surface area (Å²) in [7, 11) is -3.66. The molecular formula is C15H24O4S. The van der Waals surface area contributed by atoms with Crippen LogP contribution in [0.25, 0.3) is 0 Å². The van der Waals surface area contributed by atoms with Gasteiger partial charge in [0.25, 0.3) is 10.1 Å². The van der Waals surface area contributed by atoms with E-state index in [1.807, 2.05) is 13.8 Å². The van der Waals surface area contributed by atoms with Crippen molar-refractivity contribution in [3.63, 3.8) is 0 Å². The van der Waals surface area contributed by atoms with Crippen LogP contribution in [-0.4, -0.2) is 28.2 Å². The summed E-state index contributed by atoms with van der Waals surface area (Å²) >= 11 is 0. The van der Waals surface area contributed by atoms with Gasteiger partial charge >= 0.3 is 0 Å². The Hall–Kier alpha value is -0.910. The van der Waals surface area contributed by atoms with Gasteiger partial charge in [-0.3, -0.25) is 4.18 Å². The second-order valence-corrected chi connectivity index (χ2v) is 6.70. The Morgan fingerprint density at radius 3 is 2.40 bits per heavy atom. The largest absolute Gasteiger partial charge is 0.381 e. The number of hydrogen-bond donors (Lipinski definition) is 0. The summed E-state index contributed by atoms with van der Waals surface area (Å²) in [5, 5.41) is 0. The minimum Gasteiger partial charge on any atom is -0.381 e. The molecule has 0 aliphatic heterocycles. The van der Waals surface area contributed by atoms with E-state index in [1.165, 1.54) is 0 Å². The van der Waals surface area contributed by atoms with E-state index in [9.17, 15) is 8.42 Å². The van der Waals surface area contributed by atoms with E-state index in [2.05, 4.69) is 6.92 Å². The molecule has 20 heavy (non-hydrogen) atoms. The van der Waals surface area contributed by atoms with Crippen LogP contribution in [0, 0.1) is 12.8 Å². The molecule has 0 saturated heterocycles. The number of aryl methyl sites for hydroxylation is 1. The predicted molar refractivity (Wildman–Crippen MR) is 79.2 cm³/mol. The quantitative estimate of drug-likeness (QED) is 0.519. The van der Waals surface area contributed by atoms with Crippen LogP contribution < -0.4 is 0 Å². The third kappa shape index (κ3) is 6.03. The fourth-order valence-electron chi connectivity index (χ4n) is 1.56. The zero-order valence-electron chi connectivity index (χ0n) is 12.5. The van der Waals surface area contributed by atoms with Crippen molar-refractivity contribution in [2.75, 3.05) is 19.8 Å². The summed E-state index contributed by atoms with van der Waals surface area (Å²) in [6, 6.07) is 6.64. The van der Waals surface area contributed by atoms with Gasteiger partial charge in [-0.2, -0.15) is 8.42 Å². The lowest BCUT2D eigenvalue weighted by molar-refractivity contribution is 0.0844. The van der Waals surface area contributed by atoms with Gasteiger partial charge < -0.3 is 4.74 Å². The van der Waals surface area contributed by atoms with E-state index in [4.69, 9.17) is 8.92 Å². The highest BCUT2D eigenvalue weighted by atomic mass is 32.2. The Bertz CT molecular complexity index is 479. The van der Waals surface area contributed by atoms with Gasteiger partial charge in [0.15, 0.2) is 0 Å². The first-order valence-electron chi connectivity index (χ1n) is 6.99. The summed E-state index contributed by atoms with van der Waals surface area (Å²) in [6.45, 7) is 7.30. The first kappa shape index (κ1) is 17.1. The lowest BCUT2D eigenvalue weighted by Gasteiger charge is -2.12. The van der Waals surface area contributed by atoms with Gasteiger partial charge in [0.05, 0.1) is 18.1 Å². The van der Waals surface area contributed by atoms with E-state index in [-0.39, 0.29) is 17.4 Å². The summed E-state index contributed by atoms with van der Waals surface area (Å²) < 4.78 is 34.4.